The van der Waals surface area contributed by atoms with E-state index >= 15 is 0 Å². The second-order valence-corrected chi connectivity index (χ2v) is 22.4. The van der Waals surface area contributed by atoms with Crippen LogP contribution in [-0.2, 0) is 37.9 Å². The van der Waals surface area contributed by atoms with Gasteiger partial charge in [-0.1, -0.05) is 39.3 Å². The van der Waals surface area contributed by atoms with Gasteiger partial charge in [0.2, 0.25) is 0 Å². The fourth-order valence-electron chi connectivity index (χ4n) is 15.5. The van der Waals surface area contributed by atoms with E-state index in [0.29, 0.717) is 25.6 Å². The number of allylic oxidation sites excluding steroid dienone is 1. The van der Waals surface area contributed by atoms with Crippen LogP contribution in [0.2, 0.25) is 0 Å². The fraction of sp³-hybridized carbons (Fsp3) is 0.957. The van der Waals surface area contributed by atoms with E-state index in [0.717, 1.165) is 38.5 Å². The number of aliphatic hydroxyl groups is 9. The minimum Gasteiger partial charge on any atom is -0.394 e. The lowest BCUT2D eigenvalue weighted by Gasteiger charge is -2.70. The molecule has 24 unspecified atom stereocenters. The highest BCUT2D eigenvalue weighted by Gasteiger charge is 2.81. The summed E-state index contributed by atoms with van der Waals surface area (Å²) >= 11 is 0. The number of hydrogen-bond donors (Lipinski definition) is 9. The largest absolute Gasteiger partial charge is 0.394 e. The van der Waals surface area contributed by atoms with E-state index in [1.54, 1.807) is 0 Å². The number of fused-ring (bicyclic) bond motifs is 4. The molecule has 360 valence electrons. The molecule has 9 aliphatic rings. The first-order valence-corrected chi connectivity index (χ1v) is 23.4. The zero-order valence-electron chi connectivity index (χ0n) is 37.8. The van der Waals surface area contributed by atoms with Crippen LogP contribution in [0.4, 0.5) is 0 Å². The van der Waals surface area contributed by atoms with E-state index < -0.39 is 105 Å². The first-order chi connectivity index (χ1) is 29.6. The third-order valence-corrected chi connectivity index (χ3v) is 18.6. The van der Waals surface area contributed by atoms with Crippen molar-refractivity contribution in [2.75, 3.05) is 33.0 Å². The van der Waals surface area contributed by atoms with Crippen molar-refractivity contribution in [1.82, 2.24) is 0 Å². The van der Waals surface area contributed by atoms with Gasteiger partial charge in [-0.2, -0.15) is 0 Å². The maximum atomic E-state index is 12.4. The lowest BCUT2D eigenvalue weighted by atomic mass is 9.35. The van der Waals surface area contributed by atoms with Crippen LogP contribution in [0, 0.1) is 51.2 Å². The van der Waals surface area contributed by atoms with Crippen molar-refractivity contribution in [3.8, 4) is 0 Å². The fourth-order valence-corrected chi connectivity index (χ4v) is 15.5. The highest BCUT2D eigenvalue weighted by molar-refractivity contribution is 5.27. The standard InChI is InChI=1S/C46H74O17/c1-21(2)14-22-16-58-46-19-45(20-59-46)23(37(46)44(22,7)55)8-9-28-42(5)12-11-29(41(3,4)27(42)10-13-43(28,45)6)62-40-35(54)32(51)36(63-40)26(61-38-33(52)30(49)24(48)17-56-38)18-57-39-34(53)31(50)25(15-47)60-39/h14,22-40,47-55H,8-13,15-20H2,1-7H3. The van der Waals surface area contributed by atoms with E-state index in [1.165, 1.54) is 5.57 Å². The molecule has 5 aliphatic heterocycles. The third kappa shape index (κ3) is 7.03. The predicted octanol–water partition coefficient (Wildman–Crippen LogP) is 0.463. The summed E-state index contributed by atoms with van der Waals surface area (Å²) in [6, 6.07) is 0. The summed E-state index contributed by atoms with van der Waals surface area (Å²) in [6.07, 6.45) is -10.6. The molecule has 24 atom stereocenters. The molecule has 0 aromatic heterocycles. The molecule has 0 radical (unpaired) electrons. The van der Waals surface area contributed by atoms with Crippen molar-refractivity contribution in [2.45, 2.75) is 191 Å². The van der Waals surface area contributed by atoms with E-state index in [4.69, 9.17) is 37.9 Å². The number of rotatable bonds is 10. The summed E-state index contributed by atoms with van der Waals surface area (Å²) in [5.74, 6) is -0.0556. The summed E-state index contributed by atoms with van der Waals surface area (Å²) in [6.45, 7) is 15.2. The van der Waals surface area contributed by atoms with Gasteiger partial charge in [-0.25, -0.2) is 0 Å². The van der Waals surface area contributed by atoms with Gasteiger partial charge in [-0.05, 0) is 93.3 Å². The number of aliphatic hydroxyl groups excluding tert-OH is 8. The van der Waals surface area contributed by atoms with Gasteiger partial charge >= 0.3 is 0 Å². The molecule has 17 heteroatoms. The SMILES string of the molecule is CC(C)=CC1COC23CC4(CO2)C(CCC2C5(C)CCC(OC6OC(C(COC7OC(CO)C(O)C7O)OC7OCC(O)C(O)C7O)C(O)C6O)C(C)(C)C5CCC24C)C3C1(C)O. The average molecular weight is 899 g/mol. The van der Waals surface area contributed by atoms with Crippen LogP contribution >= 0.6 is 0 Å². The Hall–Kier alpha value is -0.940. The predicted molar refractivity (Wildman–Crippen MR) is 219 cm³/mol. The molecule has 0 aromatic carbocycles. The van der Waals surface area contributed by atoms with Gasteiger partial charge in [-0.3, -0.25) is 0 Å². The number of ether oxygens (including phenoxy) is 8. The van der Waals surface area contributed by atoms with Crippen LogP contribution in [0.5, 0.6) is 0 Å². The molecule has 5 heterocycles. The third-order valence-electron chi connectivity index (χ3n) is 18.6. The monoisotopic (exact) mass is 898 g/mol. The van der Waals surface area contributed by atoms with Crippen LogP contribution < -0.4 is 0 Å². The zero-order valence-corrected chi connectivity index (χ0v) is 37.8. The second kappa shape index (κ2) is 16.4. The molecular weight excluding hydrogens is 824 g/mol. The topological polar surface area (TPSA) is 256 Å². The Balaban J connectivity index is 0.913. The molecular formula is C46H74O17. The van der Waals surface area contributed by atoms with E-state index in [9.17, 15) is 46.0 Å². The van der Waals surface area contributed by atoms with Gasteiger partial charge in [-0.15, -0.1) is 0 Å². The van der Waals surface area contributed by atoms with Crippen LogP contribution in [0.15, 0.2) is 11.6 Å². The van der Waals surface area contributed by atoms with Gasteiger partial charge in [0, 0.05) is 23.7 Å². The smallest absolute Gasteiger partial charge is 0.187 e. The first-order valence-electron chi connectivity index (χ1n) is 23.4. The first kappa shape index (κ1) is 47.1. The van der Waals surface area contributed by atoms with Crippen LogP contribution in [0.3, 0.4) is 0 Å². The maximum absolute atomic E-state index is 12.4. The quantitative estimate of drug-likeness (QED) is 0.135. The van der Waals surface area contributed by atoms with Crippen molar-refractivity contribution in [3.63, 3.8) is 0 Å². The molecule has 63 heavy (non-hydrogen) atoms. The minimum atomic E-state index is -1.70. The van der Waals surface area contributed by atoms with Gasteiger partial charge < -0.3 is 83.9 Å². The van der Waals surface area contributed by atoms with Crippen molar-refractivity contribution >= 4 is 0 Å². The molecule has 2 bridgehead atoms. The molecule has 17 nitrogen and oxygen atoms in total. The Morgan fingerprint density at radius 3 is 2.17 bits per heavy atom. The lowest BCUT2D eigenvalue weighted by Crippen LogP contribution is -2.68. The van der Waals surface area contributed by atoms with E-state index in [1.807, 2.05) is 6.92 Å². The van der Waals surface area contributed by atoms with Crippen molar-refractivity contribution < 1.29 is 83.9 Å². The summed E-state index contributed by atoms with van der Waals surface area (Å²) in [4.78, 5) is 0. The summed E-state index contributed by atoms with van der Waals surface area (Å²) in [5.41, 5.74) is -0.384. The van der Waals surface area contributed by atoms with Crippen LogP contribution in [-0.4, -0.2) is 176 Å². The van der Waals surface area contributed by atoms with Gasteiger partial charge in [0.25, 0.3) is 0 Å². The van der Waals surface area contributed by atoms with Gasteiger partial charge in [0.15, 0.2) is 24.7 Å². The molecule has 0 amide bonds. The van der Waals surface area contributed by atoms with Crippen LogP contribution in [0.1, 0.15) is 93.4 Å². The minimum absolute atomic E-state index is 0.0448. The Bertz CT molecular complexity index is 1710. The van der Waals surface area contributed by atoms with Gasteiger partial charge in [0.1, 0.15) is 61.0 Å². The van der Waals surface area contributed by atoms with E-state index in [-0.39, 0.29) is 58.0 Å². The zero-order chi connectivity index (χ0) is 45.4. The Morgan fingerprint density at radius 1 is 0.762 bits per heavy atom. The molecule has 9 rings (SSSR count). The number of hydrogen-bond acceptors (Lipinski definition) is 17. The van der Waals surface area contributed by atoms with Crippen molar-refractivity contribution in [1.29, 1.82) is 0 Å². The molecule has 2 spiro atoms. The summed E-state index contributed by atoms with van der Waals surface area (Å²) in [5, 5.41) is 96.9. The van der Waals surface area contributed by atoms with Gasteiger partial charge in [0.05, 0.1) is 44.7 Å². The highest BCUT2D eigenvalue weighted by Crippen LogP contribution is 2.80. The lowest BCUT2D eigenvalue weighted by molar-refractivity contribution is -0.339. The maximum Gasteiger partial charge on any atom is 0.187 e. The molecule has 4 aliphatic carbocycles. The Kier molecular flexibility index (Phi) is 12.2. The molecule has 4 saturated carbocycles. The molecule has 9 N–H and O–H groups in total. The van der Waals surface area contributed by atoms with Crippen molar-refractivity contribution in [2.24, 2.45) is 51.2 Å². The average Bonchev–Trinajstić information content (AvgIpc) is 3.93. The molecule has 9 fully saturated rings. The van der Waals surface area contributed by atoms with E-state index in [2.05, 4.69) is 47.6 Å². The van der Waals surface area contributed by atoms with Crippen LogP contribution in [0.25, 0.3) is 0 Å². The molecule has 5 saturated heterocycles. The highest BCUT2D eigenvalue weighted by atomic mass is 16.8. The van der Waals surface area contributed by atoms with Crippen molar-refractivity contribution in [3.05, 3.63) is 11.6 Å². The Labute approximate surface area is 369 Å². The molecule has 0 aromatic rings. The second-order valence-electron chi connectivity index (χ2n) is 22.4. The summed E-state index contributed by atoms with van der Waals surface area (Å²) < 4.78 is 49.3. The Morgan fingerprint density at radius 2 is 1.48 bits per heavy atom. The normalized spacial score (nSPS) is 56.3. The summed E-state index contributed by atoms with van der Waals surface area (Å²) in [7, 11) is 0.